The summed E-state index contributed by atoms with van der Waals surface area (Å²) in [4.78, 5) is 16.1. The molecule has 2 aromatic heterocycles. The Balaban J connectivity index is 2.79. The van der Waals surface area contributed by atoms with Crippen LogP contribution < -0.4 is 14.8 Å². The smallest absolute Gasteiger partial charge is 0.268 e. The third-order valence-electron chi connectivity index (χ3n) is 2.43. The molecule has 0 aliphatic heterocycles. The van der Waals surface area contributed by atoms with Crippen LogP contribution in [0.15, 0.2) is 29.2 Å². The van der Waals surface area contributed by atoms with Gasteiger partial charge in [-0.1, -0.05) is 6.07 Å². The molecule has 19 heavy (non-hydrogen) atoms. The molecule has 0 saturated carbocycles. The van der Waals surface area contributed by atoms with Gasteiger partial charge in [0.1, 0.15) is 16.8 Å². The lowest BCUT2D eigenvalue weighted by Gasteiger charge is -1.87. The van der Waals surface area contributed by atoms with E-state index < -0.39 is 0 Å². The Morgan fingerprint density at radius 2 is 2.16 bits per heavy atom. The standard InChI is InChI=1S/C13H8N4OS/c1-17-12(18)11(6-10-4-2-3-5-16-10)19-13(17)9(7-14)8-15/h2-6H,1H3/b11-6-. The Bertz CT molecular complexity index is 847. The largest absolute Gasteiger partial charge is 0.300 e. The van der Waals surface area contributed by atoms with E-state index in [-0.39, 0.29) is 11.1 Å². The second-order valence-electron chi connectivity index (χ2n) is 3.63. The lowest BCUT2D eigenvalue weighted by atomic mass is 10.3. The number of hydrogen-bond donors (Lipinski definition) is 0. The topological polar surface area (TPSA) is 82.5 Å². The van der Waals surface area contributed by atoms with E-state index in [9.17, 15) is 4.79 Å². The lowest BCUT2D eigenvalue weighted by Crippen LogP contribution is -2.29. The molecule has 0 bridgehead atoms. The molecule has 0 spiro atoms. The van der Waals surface area contributed by atoms with Crippen LogP contribution in [-0.4, -0.2) is 9.55 Å². The van der Waals surface area contributed by atoms with E-state index in [2.05, 4.69) is 4.98 Å². The predicted octanol–water partition coefficient (Wildman–Crippen LogP) is -0.132. The Labute approximate surface area is 112 Å². The first kappa shape index (κ1) is 12.7. The average Bonchev–Trinajstić information content (AvgIpc) is 2.70. The van der Waals surface area contributed by atoms with Crippen molar-refractivity contribution in [3.05, 3.63) is 49.6 Å². The first-order valence-corrected chi connectivity index (χ1v) is 6.12. The van der Waals surface area contributed by atoms with Crippen molar-refractivity contribution in [2.45, 2.75) is 0 Å². The summed E-state index contributed by atoms with van der Waals surface area (Å²) < 4.78 is 2.11. The van der Waals surface area contributed by atoms with Crippen LogP contribution in [0.1, 0.15) is 5.69 Å². The molecule has 6 heteroatoms. The summed E-state index contributed by atoms with van der Waals surface area (Å²) in [6, 6.07) is 8.96. The Morgan fingerprint density at radius 1 is 1.42 bits per heavy atom. The number of aromatic nitrogens is 2. The van der Waals surface area contributed by atoms with Gasteiger partial charge in [-0.05, 0) is 18.2 Å². The summed E-state index contributed by atoms with van der Waals surface area (Å²) in [5, 5.41) is 17.7. The number of hydrogen-bond acceptors (Lipinski definition) is 5. The van der Waals surface area contributed by atoms with Crippen molar-refractivity contribution >= 4 is 23.0 Å². The monoisotopic (exact) mass is 268 g/mol. The Kier molecular flexibility index (Phi) is 3.56. The molecule has 0 unspecified atom stereocenters. The van der Waals surface area contributed by atoms with Gasteiger partial charge in [0.15, 0.2) is 5.57 Å². The minimum atomic E-state index is -0.242. The summed E-state index contributed by atoms with van der Waals surface area (Å²) in [5.74, 6) is 0. The highest BCUT2D eigenvalue weighted by Gasteiger charge is 2.05. The van der Waals surface area contributed by atoms with Gasteiger partial charge in [0.25, 0.3) is 5.56 Å². The quantitative estimate of drug-likeness (QED) is 0.721. The van der Waals surface area contributed by atoms with Crippen molar-refractivity contribution in [3.63, 3.8) is 0 Å². The first-order chi connectivity index (χ1) is 9.17. The van der Waals surface area contributed by atoms with Gasteiger partial charge in [-0.15, -0.1) is 11.3 Å². The summed E-state index contributed by atoms with van der Waals surface area (Å²) in [6.45, 7) is 0. The Hall–Kier alpha value is -2.70. The second kappa shape index (κ2) is 5.30. The number of thiazole rings is 1. The highest BCUT2D eigenvalue weighted by atomic mass is 32.1. The van der Waals surface area contributed by atoms with E-state index in [0.29, 0.717) is 14.9 Å². The van der Waals surface area contributed by atoms with Gasteiger partial charge >= 0.3 is 0 Å². The fourth-order valence-corrected chi connectivity index (χ4v) is 2.53. The van der Waals surface area contributed by atoms with E-state index in [1.807, 2.05) is 6.07 Å². The van der Waals surface area contributed by atoms with Gasteiger partial charge in [-0.25, -0.2) is 0 Å². The molecule has 0 fully saturated rings. The van der Waals surface area contributed by atoms with E-state index in [0.717, 1.165) is 11.3 Å². The van der Waals surface area contributed by atoms with Crippen molar-refractivity contribution in [2.24, 2.45) is 7.05 Å². The van der Waals surface area contributed by atoms with Gasteiger partial charge in [0.05, 0.1) is 10.2 Å². The van der Waals surface area contributed by atoms with E-state index in [4.69, 9.17) is 10.5 Å². The van der Waals surface area contributed by atoms with Gasteiger partial charge in [-0.2, -0.15) is 10.5 Å². The van der Waals surface area contributed by atoms with Crippen LogP contribution in [0.25, 0.3) is 11.6 Å². The molecule has 0 aliphatic carbocycles. The molecule has 0 N–H and O–H groups in total. The maximum absolute atomic E-state index is 12.0. The fraction of sp³-hybridized carbons (Fsp3) is 0.0769. The van der Waals surface area contributed by atoms with Crippen molar-refractivity contribution in [3.8, 4) is 12.1 Å². The van der Waals surface area contributed by atoms with Gasteiger partial charge < -0.3 is 4.57 Å². The van der Waals surface area contributed by atoms with Crippen LogP contribution in [0, 0.1) is 22.7 Å². The maximum atomic E-state index is 12.0. The van der Waals surface area contributed by atoms with Crippen molar-refractivity contribution in [1.82, 2.24) is 9.55 Å². The molecular formula is C13H8N4OS. The highest BCUT2D eigenvalue weighted by molar-refractivity contribution is 7.07. The van der Waals surface area contributed by atoms with E-state index in [1.165, 1.54) is 4.57 Å². The molecule has 92 valence electrons. The van der Waals surface area contributed by atoms with Crippen LogP contribution in [0.4, 0.5) is 0 Å². The van der Waals surface area contributed by atoms with Crippen LogP contribution in [0.3, 0.4) is 0 Å². The number of pyridine rings is 1. The lowest BCUT2D eigenvalue weighted by molar-refractivity contribution is 0.855. The van der Waals surface area contributed by atoms with Crippen molar-refractivity contribution in [1.29, 1.82) is 10.5 Å². The average molecular weight is 268 g/mol. The van der Waals surface area contributed by atoms with Crippen LogP contribution in [-0.2, 0) is 7.05 Å². The molecule has 2 rings (SSSR count). The normalized spacial score (nSPS) is 10.8. The molecule has 5 nitrogen and oxygen atoms in total. The minimum Gasteiger partial charge on any atom is -0.300 e. The summed E-state index contributed by atoms with van der Waals surface area (Å²) in [6.07, 6.45) is 3.27. The minimum absolute atomic E-state index is 0.0646. The third kappa shape index (κ3) is 2.44. The third-order valence-corrected chi connectivity index (χ3v) is 3.61. The molecule has 2 aromatic rings. The highest BCUT2D eigenvalue weighted by Crippen LogP contribution is 1.93. The van der Waals surface area contributed by atoms with Crippen molar-refractivity contribution in [2.75, 3.05) is 0 Å². The molecular weight excluding hydrogens is 260 g/mol. The van der Waals surface area contributed by atoms with E-state index in [1.54, 1.807) is 43.6 Å². The SMILES string of the molecule is Cn1c(=C(C#N)C#N)s/c(=C\c2ccccn2)c1=O. The van der Waals surface area contributed by atoms with Gasteiger partial charge in [-0.3, -0.25) is 9.78 Å². The summed E-state index contributed by atoms with van der Waals surface area (Å²) >= 11 is 1.11. The van der Waals surface area contributed by atoms with Gasteiger partial charge in [0.2, 0.25) is 0 Å². The zero-order chi connectivity index (χ0) is 13.8. The zero-order valence-corrected chi connectivity index (χ0v) is 10.8. The number of rotatable bonds is 1. The molecule has 0 aliphatic rings. The van der Waals surface area contributed by atoms with Crippen LogP contribution in [0.2, 0.25) is 0 Å². The predicted molar refractivity (Wildman–Crippen MR) is 71.2 cm³/mol. The molecule has 0 aromatic carbocycles. The summed E-state index contributed by atoms with van der Waals surface area (Å²) in [7, 11) is 1.54. The maximum Gasteiger partial charge on any atom is 0.268 e. The molecule has 0 radical (unpaired) electrons. The first-order valence-electron chi connectivity index (χ1n) is 5.30. The molecule has 0 amide bonds. The Morgan fingerprint density at radius 3 is 2.74 bits per heavy atom. The fourth-order valence-electron chi connectivity index (χ4n) is 1.50. The molecule has 0 saturated heterocycles. The van der Waals surface area contributed by atoms with Crippen LogP contribution in [0.5, 0.6) is 0 Å². The molecule has 0 atom stereocenters. The zero-order valence-electron chi connectivity index (χ0n) is 9.99. The summed E-state index contributed by atoms with van der Waals surface area (Å²) in [5.41, 5.74) is 0.349. The van der Waals surface area contributed by atoms with E-state index >= 15 is 0 Å². The van der Waals surface area contributed by atoms with Crippen LogP contribution >= 0.6 is 11.3 Å². The second-order valence-corrected chi connectivity index (χ2v) is 4.66. The number of nitriles is 2. The van der Waals surface area contributed by atoms with Crippen molar-refractivity contribution < 1.29 is 0 Å². The van der Waals surface area contributed by atoms with Gasteiger partial charge in [0, 0.05) is 13.2 Å². The molecule has 2 heterocycles. The number of nitrogens with zero attached hydrogens (tertiary/aromatic N) is 4.